The average Bonchev–Trinajstić information content (AvgIpc) is 2.57. The van der Waals surface area contributed by atoms with Crippen LogP contribution in [0, 0.1) is 5.92 Å². The van der Waals surface area contributed by atoms with Gasteiger partial charge in [0, 0.05) is 19.1 Å². The number of nitrogens with two attached hydrogens (primary N) is 1. The van der Waals surface area contributed by atoms with E-state index >= 15 is 0 Å². The van der Waals surface area contributed by atoms with Gasteiger partial charge in [0.25, 0.3) is 0 Å². The van der Waals surface area contributed by atoms with Gasteiger partial charge in [-0.2, -0.15) is 0 Å². The van der Waals surface area contributed by atoms with Gasteiger partial charge in [0.2, 0.25) is 5.91 Å². The van der Waals surface area contributed by atoms with Crippen LogP contribution in [0.1, 0.15) is 26.7 Å². The summed E-state index contributed by atoms with van der Waals surface area (Å²) in [6.45, 7) is 6.38. The summed E-state index contributed by atoms with van der Waals surface area (Å²) in [7, 11) is 2.07. The lowest BCUT2D eigenvalue weighted by molar-refractivity contribution is -0.135. The molecule has 3 N–H and O–H groups in total. The number of carbonyl (C=O) groups is 1. The first-order valence-corrected chi connectivity index (χ1v) is 6.47. The van der Waals surface area contributed by atoms with Crippen molar-refractivity contribution in [3.05, 3.63) is 0 Å². The molecule has 0 saturated carbocycles. The number of amidine groups is 1. The monoisotopic (exact) mass is 256 g/mol. The number of hydrogen-bond acceptors (Lipinski definition) is 4. The standard InChI is InChI=1S/C12H24N4O2/c1-4-10-8-15(3)6-5-7-16(10)12(17)9(2)11(13)14-18/h9-10,18H,4-8H2,1-3H3,(H2,13,14). The highest BCUT2D eigenvalue weighted by molar-refractivity contribution is 6.01. The second-order valence-corrected chi connectivity index (χ2v) is 4.96. The van der Waals surface area contributed by atoms with Gasteiger partial charge in [0.1, 0.15) is 0 Å². The van der Waals surface area contributed by atoms with Crippen LogP contribution < -0.4 is 5.73 Å². The minimum Gasteiger partial charge on any atom is -0.409 e. The molecule has 104 valence electrons. The minimum absolute atomic E-state index is 0.0209. The summed E-state index contributed by atoms with van der Waals surface area (Å²) >= 11 is 0. The van der Waals surface area contributed by atoms with Gasteiger partial charge in [-0.1, -0.05) is 12.1 Å². The maximum absolute atomic E-state index is 12.4. The average molecular weight is 256 g/mol. The summed E-state index contributed by atoms with van der Waals surface area (Å²) in [6.07, 6.45) is 1.88. The van der Waals surface area contributed by atoms with Crippen LogP contribution in [0.15, 0.2) is 5.16 Å². The first-order chi connectivity index (χ1) is 8.51. The summed E-state index contributed by atoms with van der Waals surface area (Å²) in [5.74, 6) is -0.632. The van der Waals surface area contributed by atoms with Crippen molar-refractivity contribution in [1.29, 1.82) is 0 Å². The Balaban J connectivity index is 2.81. The molecule has 2 unspecified atom stereocenters. The third-order valence-corrected chi connectivity index (χ3v) is 3.59. The fourth-order valence-corrected chi connectivity index (χ4v) is 2.34. The molecule has 0 radical (unpaired) electrons. The SMILES string of the molecule is CCC1CN(C)CCCN1C(=O)C(C)C(N)=NO. The van der Waals surface area contributed by atoms with E-state index in [2.05, 4.69) is 24.0 Å². The molecule has 0 aliphatic carbocycles. The Morgan fingerprint density at radius 1 is 1.56 bits per heavy atom. The third kappa shape index (κ3) is 3.35. The van der Waals surface area contributed by atoms with E-state index in [-0.39, 0.29) is 17.8 Å². The Hall–Kier alpha value is -1.30. The smallest absolute Gasteiger partial charge is 0.233 e. The van der Waals surface area contributed by atoms with E-state index in [1.807, 2.05) is 4.90 Å². The minimum atomic E-state index is -0.563. The van der Waals surface area contributed by atoms with Crippen molar-refractivity contribution in [2.24, 2.45) is 16.8 Å². The van der Waals surface area contributed by atoms with Gasteiger partial charge in [-0.05, 0) is 33.4 Å². The molecule has 6 heteroatoms. The van der Waals surface area contributed by atoms with Crippen LogP contribution in [0.2, 0.25) is 0 Å². The lowest BCUT2D eigenvalue weighted by Gasteiger charge is -2.32. The summed E-state index contributed by atoms with van der Waals surface area (Å²) in [5.41, 5.74) is 5.52. The van der Waals surface area contributed by atoms with Crippen LogP contribution >= 0.6 is 0 Å². The second kappa shape index (κ2) is 6.58. The molecule has 1 saturated heterocycles. The molecule has 18 heavy (non-hydrogen) atoms. The molecule has 1 amide bonds. The van der Waals surface area contributed by atoms with E-state index in [0.717, 1.165) is 32.5 Å². The van der Waals surface area contributed by atoms with E-state index in [9.17, 15) is 4.79 Å². The Morgan fingerprint density at radius 2 is 2.22 bits per heavy atom. The largest absolute Gasteiger partial charge is 0.409 e. The first kappa shape index (κ1) is 14.8. The number of amides is 1. The highest BCUT2D eigenvalue weighted by Gasteiger charge is 2.30. The van der Waals surface area contributed by atoms with E-state index < -0.39 is 5.92 Å². The van der Waals surface area contributed by atoms with Crippen LogP contribution in [0.3, 0.4) is 0 Å². The Morgan fingerprint density at radius 3 is 2.78 bits per heavy atom. The van der Waals surface area contributed by atoms with Gasteiger partial charge < -0.3 is 20.7 Å². The van der Waals surface area contributed by atoms with Gasteiger partial charge in [-0.25, -0.2) is 0 Å². The molecular formula is C12H24N4O2. The highest BCUT2D eigenvalue weighted by Crippen LogP contribution is 2.15. The molecule has 0 aromatic heterocycles. The van der Waals surface area contributed by atoms with E-state index in [4.69, 9.17) is 10.9 Å². The van der Waals surface area contributed by atoms with Gasteiger partial charge in [-0.15, -0.1) is 0 Å². The molecule has 1 aliphatic heterocycles. The number of likely N-dealkylation sites (N-methyl/N-ethyl adjacent to an activating group) is 1. The highest BCUT2D eigenvalue weighted by atomic mass is 16.4. The number of rotatable bonds is 3. The van der Waals surface area contributed by atoms with Crippen molar-refractivity contribution >= 4 is 11.7 Å². The predicted molar refractivity (Wildman–Crippen MR) is 70.5 cm³/mol. The van der Waals surface area contributed by atoms with Crippen molar-refractivity contribution in [2.45, 2.75) is 32.7 Å². The molecule has 1 heterocycles. The molecule has 0 aromatic rings. The van der Waals surface area contributed by atoms with Gasteiger partial charge in [0.05, 0.1) is 5.92 Å². The fraction of sp³-hybridized carbons (Fsp3) is 0.833. The first-order valence-electron chi connectivity index (χ1n) is 6.47. The van der Waals surface area contributed by atoms with Gasteiger partial charge in [0.15, 0.2) is 5.84 Å². The summed E-state index contributed by atoms with van der Waals surface area (Å²) < 4.78 is 0. The zero-order valence-electron chi connectivity index (χ0n) is 11.5. The van der Waals surface area contributed by atoms with Crippen LogP contribution in [0.4, 0.5) is 0 Å². The molecule has 0 aromatic carbocycles. The van der Waals surface area contributed by atoms with Crippen LogP contribution in [-0.2, 0) is 4.79 Å². The van der Waals surface area contributed by atoms with Gasteiger partial charge in [-0.3, -0.25) is 4.79 Å². The summed E-state index contributed by atoms with van der Waals surface area (Å²) in [5, 5.41) is 11.6. The lowest BCUT2D eigenvalue weighted by Crippen LogP contribution is -2.48. The molecule has 1 aliphatic rings. The predicted octanol–water partition coefficient (Wildman–Crippen LogP) is 0.312. The van der Waals surface area contributed by atoms with Crippen molar-refractivity contribution in [3.63, 3.8) is 0 Å². The molecule has 0 bridgehead atoms. The number of hydrogen-bond donors (Lipinski definition) is 2. The van der Waals surface area contributed by atoms with Crippen LogP contribution in [0.25, 0.3) is 0 Å². The normalized spacial score (nSPS) is 24.7. The summed E-state index contributed by atoms with van der Waals surface area (Å²) in [4.78, 5) is 16.5. The zero-order valence-corrected chi connectivity index (χ0v) is 11.5. The quantitative estimate of drug-likeness (QED) is 0.329. The Kier molecular flexibility index (Phi) is 5.40. The van der Waals surface area contributed by atoms with E-state index in [0.29, 0.717) is 0 Å². The maximum atomic E-state index is 12.4. The fourth-order valence-electron chi connectivity index (χ4n) is 2.34. The Bertz CT molecular complexity index is 319. The molecule has 1 rings (SSSR count). The van der Waals surface area contributed by atoms with Crippen molar-refractivity contribution in [1.82, 2.24) is 9.80 Å². The summed E-state index contributed by atoms with van der Waals surface area (Å²) in [6, 6.07) is 0.207. The second-order valence-electron chi connectivity index (χ2n) is 4.96. The van der Waals surface area contributed by atoms with Crippen LogP contribution in [0.5, 0.6) is 0 Å². The number of oxime groups is 1. The van der Waals surface area contributed by atoms with Gasteiger partial charge >= 0.3 is 0 Å². The topological polar surface area (TPSA) is 82.2 Å². The van der Waals surface area contributed by atoms with Crippen molar-refractivity contribution < 1.29 is 10.0 Å². The van der Waals surface area contributed by atoms with E-state index in [1.165, 1.54) is 0 Å². The maximum Gasteiger partial charge on any atom is 0.233 e. The Labute approximate surface area is 108 Å². The number of nitrogens with zero attached hydrogens (tertiary/aromatic N) is 3. The molecule has 6 nitrogen and oxygen atoms in total. The molecule has 1 fully saturated rings. The zero-order chi connectivity index (χ0) is 13.7. The molecule has 2 atom stereocenters. The van der Waals surface area contributed by atoms with Crippen molar-refractivity contribution in [3.8, 4) is 0 Å². The van der Waals surface area contributed by atoms with Crippen LogP contribution in [-0.4, -0.2) is 59.5 Å². The number of carbonyl (C=O) groups excluding carboxylic acids is 1. The van der Waals surface area contributed by atoms with E-state index in [1.54, 1.807) is 6.92 Å². The third-order valence-electron chi connectivity index (χ3n) is 3.59. The molecule has 0 spiro atoms. The van der Waals surface area contributed by atoms with Crippen molar-refractivity contribution in [2.75, 3.05) is 26.7 Å². The lowest BCUT2D eigenvalue weighted by atomic mass is 10.1. The molecular weight excluding hydrogens is 232 g/mol.